The lowest BCUT2D eigenvalue weighted by molar-refractivity contribution is 0.559. The lowest BCUT2D eigenvalue weighted by atomic mass is 10.0. The van der Waals surface area contributed by atoms with Crippen LogP contribution in [0.4, 0.5) is 0 Å². The van der Waals surface area contributed by atoms with Crippen molar-refractivity contribution in [3.05, 3.63) is 33.8 Å². The van der Waals surface area contributed by atoms with E-state index in [-0.39, 0.29) is 11.8 Å². The maximum Gasteiger partial charge on any atom is 0.147 e. The number of benzene rings is 1. The zero-order chi connectivity index (χ0) is 13.1. The summed E-state index contributed by atoms with van der Waals surface area (Å²) >= 11 is 12.0. The fourth-order valence-corrected chi connectivity index (χ4v) is 2.66. The molecular weight excluding hydrogens is 281 g/mol. The molecule has 1 aromatic carbocycles. The molecule has 0 bridgehead atoms. The molecule has 0 spiro atoms. The van der Waals surface area contributed by atoms with Gasteiger partial charge in [0.2, 0.25) is 0 Å². The molecule has 0 fully saturated rings. The maximum absolute atomic E-state index is 11.1. The van der Waals surface area contributed by atoms with Crippen molar-refractivity contribution in [2.24, 2.45) is 0 Å². The largest absolute Gasteiger partial charge is 0.313 e. The summed E-state index contributed by atoms with van der Waals surface area (Å²) in [7, 11) is -1.21. The van der Waals surface area contributed by atoms with E-state index < -0.39 is 9.84 Å². The van der Waals surface area contributed by atoms with Crippen molar-refractivity contribution in [3.8, 4) is 0 Å². The van der Waals surface area contributed by atoms with Gasteiger partial charge in [0.15, 0.2) is 0 Å². The minimum absolute atomic E-state index is 0.112. The zero-order valence-corrected chi connectivity index (χ0v) is 12.0. The fourth-order valence-electron chi connectivity index (χ4n) is 1.57. The van der Waals surface area contributed by atoms with Gasteiger partial charge in [-0.3, -0.25) is 0 Å². The Labute approximate surface area is 112 Å². The summed E-state index contributed by atoms with van der Waals surface area (Å²) in [6, 6.07) is 5.06. The Balaban J connectivity index is 2.90. The second-order valence-electron chi connectivity index (χ2n) is 3.93. The molecule has 1 N–H and O–H groups in total. The van der Waals surface area contributed by atoms with Crippen LogP contribution in [0.3, 0.4) is 0 Å². The first kappa shape index (κ1) is 14.8. The van der Waals surface area contributed by atoms with Gasteiger partial charge >= 0.3 is 0 Å². The Morgan fingerprint density at radius 2 is 2.00 bits per heavy atom. The molecule has 1 unspecified atom stereocenters. The Hall–Kier alpha value is -0.290. The third-order valence-electron chi connectivity index (χ3n) is 2.46. The molecule has 1 aromatic rings. The normalized spacial score (nSPS) is 13.6. The summed E-state index contributed by atoms with van der Waals surface area (Å²) in [5, 5.41) is 4.22. The van der Waals surface area contributed by atoms with Crippen LogP contribution in [0.1, 0.15) is 18.0 Å². The van der Waals surface area contributed by atoms with Crippen molar-refractivity contribution in [2.45, 2.75) is 12.5 Å². The molecule has 96 valence electrons. The first-order valence-electron chi connectivity index (χ1n) is 5.13. The van der Waals surface area contributed by atoms with Crippen molar-refractivity contribution < 1.29 is 8.42 Å². The van der Waals surface area contributed by atoms with Gasteiger partial charge in [-0.1, -0.05) is 23.2 Å². The lowest BCUT2D eigenvalue weighted by Gasteiger charge is -2.17. The SMILES string of the molecule is CNC(CCS(C)(=O)=O)c1cc(Cl)ccc1Cl. The zero-order valence-electron chi connectivity index (χ0n) is 9.70. The molecule has 0 aliphatic rings. The number of nitrogens with one attached hydrogen (secondary N) is 1. The van der Waals surface area contributed by atoms with Crippen molar-refractivity contribution >= 4 is 33.0 Å². The van der Waals surface area contributed by atoms with Gasteiger partial charge in [0.05, 0.1) is 5.75 Å². The smallest absolute Gasteiger partial charge is 0.147 e. The molecule has 1 rings (SSSR count). The van der Waals surface area contributed by atoms with Crippen LogP contribution in [0.2, 0.25) is 10.0 Å². The number of hydrogen-bond donors (Lipinski definition) is 1. The topological polar surface area (TPSA) is 46.2 Å². The molecule has 0 amide bonds. The molecule has 0 saturated carbocycles. The van der Waals surface area contributed by atoms with E-state index in [4.69, 9.17) is 23.2 Å². The van der Waals surface area contributed by atoms with Crippen LogP contribution < -0.4 is 5.32 Å². The molecule has 1 atom stereocenters. The van der Waals surface area contributed by atoms with Gasteiger partial charge in [0.1, 0.15) is 9.84 Å². The summed E-state index contributed by atoms with van der Waals surface area (Å²) in [4.78, 5) is 0. The van der Waals surface area contributed by atoms with Crippen LogP contribution >= 0.6 is 23.2 Å². The van der Waals surface area contributed by atoms with Crippen LogP contribution in [-0.4, -0.2) is 27.5 Å². The average Bonchev–Trinajstić information content (AvgIpc) is 2.22. The van der Waals surface area contributed by atoms with Gasteiger partial charge in [0, 0.05) is 22.3 Å². The molecule has 0 radical (unpaired) electrons. The fraction of sp³-hybridized carbons (Fsp3) is 0.455. The number of rotatable bonds is 5. The molecule has 0 heterocycles. The third kappa shape index (κ3) is 4.84. The Morgan fingerprint density at radius 3 is 2.53 bits per heavy atom. The lowest BCUT2D eigenvalue weighted by Crippen LogP contribution is -2.20. The predicted octanol–water partition coefficient (Wildman–Crippen LogP) is 2.69. The van der Waals surface area contributed by atoms with Crippen molar-refractivity contribution in [3.63, 3.8) is 0 Å². The standard InChI is InChI=1S/C11H15Cl2NO2S/c1-14-11(5-6-17(2,15)16)9-7-8(12)3-4-10(9)13/h3-4,7,11,14H,5-6H2,1-2H3. The number of hydrogen-bond acceptors (Lipinski definition) is 3. The van der Waals surface area contributed by atoms with E-state index in [1.165, 1.54) is 6.26 Å². The molecule has 6 heteroatoms. The van der Waals surface area contributed by atoms with Crippen molar-refractivity contribution in [1.29, 1.82) is 0 Å². The Bertz CT molecular complexity index is 488. The molecule has 0 aromatic heterocycles. The van der Waals surface area contributed by atoms with Crippen LogP contribution in [0, 0.1) is 0 Å². The van der Waals surface area contributed by atoms with Gasteiger partial charge in [-0.05, 0) is 37.2 Å². The van der Waals surface area contributed by atoms with Crippen LogP contribution in [0.15, 0.2) is 18.2 Å². The highest BCUT2D eigenvalue weighted by Gasteiger charge is 2.15. The van der Waals surface area contributed by atoms with E-state index in [2.05, 4.69) is 5.32 Å². The Kier molecular flexibility index (Phi) is 5.25. The van der Waals surface area contributed by atoms with Gasteiger partial charge < -0.3 is 5.32 Å². The highest BCUT2D eigenvalue weighted by Crippen LogP contribution is 2.28. The second-order valence-corrected chi connectivity index (χ2v) is 7.03. The van der Waals surface area contributed by atoms with Crippen molar-refractivity contribution in [1.82, 2.24) is 5.32 Å². The summed E-state index contributed by atoms with van der Waals surface area (Å²) in [5.41, 5.74) is 0.824. The minimum atomic E-state index is -2.98. The Morgan fingerprint density at radius 1 is 1.35 bits per heavy atom. The van der Waals surface area contributed by atoms with Crippen molar-refractivity contribution in [2.75, 3.05) is 19.1 Å². The van der Waals surface area contributed by atoms with E-state index in [1.54, 1.807) is 25.2 Å². The summed E-state index contributed by atoms with van der Waals surface area (Å²) in [5.74, 6) is 0.112. The second kappa shape index (κ2) is 6.05. The van der Waals surface area contributed by atoms with E-state index in [9.17, 15) is 8.42 Å². The van der Waals surface area contributed by atoms with Crippen LogP contribution in [0.5, 0.6) is 0 Å². The summed E-state index contributed by atoms with van der Waals surface area (Å²) < 4.78 is 22.3. The van der Waals surface area contributed by atoms with Crippen LogP contribution in [0.25, 0.3) is 0 Å². The van der Waals surface area contributed by atoms with Crippen LogP contribution in [-0.2, 0) is 9.84 Å². The van der Waals surface area contributed by atoms with Gasteiger partial charge in [-0.25, -0.2) is 8.42 Å². The molecule has 0 aliphatic carbocycles. The molecule has 3 nitrogen and oxygen atoms in total. The third-order valence-corrected chi connectivity index (χ3v) is 4.02. The first-order chi connectivity index (χ1) is 7.83. The average molecular weight is 296 g/mol. The quantitative estimate of drug-likeness (QED) is 0.908. The monoisotopic (exact) mass is 295 g/mol. The minimum Gasteiger partial charge on any atom is -0.313 e. The molecule has 0 saturated heterocycles. The predicted molar refractivity (Wildman–Crippen MR) is 72.6 cm³/mol. The van der Waals surface area contributed by atoms with E-state index in [0.717, 1.165) is 5.56 Å². The molecule has 17 heavy (non-hydrogen) atoms. The summed E-state index contributed by atoms with van der Waals surface area (Å²) in [6.07, 6.45) is 1.69. The number of sulfone groups is 1. The molecule has 0 aliphatic heterocycles. The van der Waals surface area contributed by atoms with E-state index in [0.29, 0.717) is 16.5 Å². The maximum atomic E-state index is 11.1. The summed E-state index contributed by atoms with van der Waals surface area (Å²) in [6.45, 7) is 0. The van der Waals surface area contributed by atoms with E-state index in [1.807, 2.05) is 0 Å². The molecular formula is C11H15Cl2NO2S. The van der Waals surface area contributed by atoms with Gasteiger partial charge in [0.25, 0.3) is 0 Å². The van der Waals surface area contributed by atoms with E-state index >= 15 is 0 Å². The van der Waals surface area contributed by atoms with Gasteiger partial charge in [-0.2, -0.15) is 0 Å². The highest BCUT2D eigenvalue weighted by molar-refractivity contribution is 7.90. The number of halogens is 2. The first-order valence-corrected chi connectivity index (χ1v) is 7.95. The highest BCUT2D eigenvalue weighted by atomic mass is 35.5. The van der Waals surface area contributed by atoms with Gasteiger partial charge in [-0.15, -0.1) is 0 Å².